The lowest BCUT2D eigenvalue weighted by Crippen LogP contribution is -2.45. The summed E-state index contributed by atoms with van der Waals surface area (Å²) in [5.74, 6) is 2.81. The number of Topliss-reactive ketones (excluding diaryl/α,β-unsaturated/α-hetero) is 1. The van der Waals surface area contributed by atoms with Crippen molar-refractivity contribution in [3.63, 3.8) is 0 Å². The molecule has 1 spiro atoms. The Morgan fingerprint density at radius 3 is 2.31 bits per heavy atom. The van der Waals surface area contributed by atoms with Gasteiger partial charge in [-0.2, -0.15) is 0 Å². The number of hydrogen-bond donors (Lipinski definition) is 0. The zero-order valence-corrected chi connectivity index (χ0v) is 18.7. The fourth-order valence-electron chi connectivity index (χ4n) is 7.26. The third-order valence-electron chi connectivity index (χ3n) is 9.08. The summed E-state index contributed by atoms with van der Waals surface area (Å²) in [6.07, 6.45) is 3.74. The largest absolute Gasteiger partial charge is 0.497 e. The molecule has 4 saturated carbocycles. The SMILES string of the molecule is COc1ccc(OC)c(C(=O)N2CCC3(CC2)CCN(C(=O)[C@H]2[C@H]4[C@H]5C[C@@H]2C(=O)[C@H]54)C3)c1. The minimum atomic E-state index is -0.0365. The summed E-state index contributed by atoms with van der Waals surface area (Å²) in [6, 6.07) is 5.29. The summed E-state index contributed by atoms with van der Waals surface area (Å²) in [7, 11) is 3.15. The second-order valence-electron chi connectivity index (χ2n) is 10.4. The summed E-state index contributed by atoms with van der Waals surface area (Å²) in [5.41, 5.74) is 0.620. The Balaban J connectivity index is 1.10. The molecule has 0 N–H and O–H groups in total. The van der Waals surface area contributed by atoms with Crippen LogP contribution in [-0.4, -0.2) is 67.8 Å². The van der Waals surface area contributed by atoms with Crippen molar-refractivity contribution in [3.05, 3.63) is 23.8 Å². The van der Waals surface area contributed by atoms with E-state index in [-0.39, 0.29) is 35.0 Å². The molecule has 32 heavy (non-hydrogen) atoms. The minimum Gasteiger partial charge on any atom is -0.497 e. The van der Waals surface area contributed by atoms with Gasteiger partial charge in [-0.3, -0.25) is 14.4 Å². The summed E-state index contributed by atoms with van der Waals surface area (Å²) in [5, 5.41) is 0. The molecule has 0 unspecified atom stereocenters. The Morgan fingerprint density at radius 1 is 1.03 bits per heavy atom. The second-order valence-corrected chi connectivity index (χ2v) is 10.4. The van der Waals surface area contributed by atoms with Crippen LogP contribution in [0.3, 0.4) is 0 Å². The number of carbonyl (C=O) groups is 3. The molecular weight excluding hydrogens is 408 g/mol. The van der Waals surface area contributed by atoms with E-state index in [2.05, 4.69) is 0 Å². The van der Waals surface area contributed by atoms with Crippen molar-refractivity contribution < 1.29 is 23.9 Å². The number of ketones is 1. The number of ether oxygens (including phenoxy) is 2. The van der Waals surface area contributed by atoms with Crippen LogP contribution < -0.4 is 9.47 Å². The van der Waals surface area contributed by atoms with E-state index in [0.717, 1.165) is 38.8 Å². The maximum Gasteiger partial charge on any atom is 0.257 e. The van der Waals surface area contributed by atoms with E-state index in [1.807, 2.05) is 9.80 Å². The van der Waals surface area contributed by atoms with Crippen molar-refractivity contribution in [1.82, 2.24) is 9.80 Å². The number of hydrogen-bond acceptors (Lipinski definition) is 5. The van der Waals surface area contributed by atoms with Crippen LogP contribution in [-0.2, 0) is 9.59 Å². The predicted molar refractivity (Wildman–Crippen MR) is 115 cm³/mol. The Hall–Kier alpha value is -2.57. The van der Waals surface area contributed by atoms with Crippen LogP contribution in [0.1, 0.15) is 36.0 Å². The molecule has 170 valence electrons. The van der Waals surface area contributed by atoms with Crippen molar-refractivity contribution in [2.75, 3.05) is 40.4 Å². The van der Waals surface area contributed by atoms with Crippen molar-refractivity contribution in [1.29, 1.82) is 0 Å². The summed E-state index contributed by atoms with van der Waals surface area (Å²) >= 11 is 0. The zero-order chi connectivity index (χ0) is 22.2. The van der Waals surface area contributed by atoms with Gasteiger partial charge in [0.25, 0.3) is 5.91 Å². The number of carbonyl (C=O) groups excluding carboxylic acids is 3. The highest BCUT2D eigenvalue weighted by atomic mass is 16.5. The molecule has 0 aromatic heterocycles. The summed E-state index contributed by atoms with van der Waals surface area (Å²) in [4.78, 5) is 42.7. The fraction of sp³-hybridized carbons (Fsp3) is 0.640. The molecule has 1 aromatic rings. The number of methoxy groups -OCH3 is 2. The standard InChI is InChI=1S/C25H30N2O5/c1-31-14-3-4-18(32-2)15(11-14)23(29)26-8-5-25(6-9-26)7-10-27(13-25)24(30)21-17-12-16-19(21)20(16)22(17)28/h3-4,11,16-17,19-21H,5-10,12-13H2,1-2H3/t16-,17+,19+,20-,21-/m1/s1. The van der Waals surface area contributed by atoms with Gasteiger partial charge >= 0.3 is 0 Å². The highest BCUT2D eigenvalue weighted by molar-refractivity contribution is 6.00. The third-order valence-corrected chi connectivity index (χ3v) is 9.08. The molecule has 6 aliphatic rings. The maximum atomic E-state index is 13.3. The van der Waals surface area contributed by atoms with Gasteiger partial charge in [-0.05, 0) is 61.1 Å². The lowest BCUT2D eigenvalue weighted by atomic mass is 9.77. The van der Waals surface area contributed by atoms with Crippen molar-refractivity contribution in [2.24, 2.45) is 35.0 Å². The number of amides is 2. The van der Waals surface area contributed by atoms with Crippen LogP contribution in [0.5, 0.6) is 11.5 Å². The predicted octanol–water partition coefficient (Wildman–Crippen LogP) is 2.24. The van der Waals surface area contributed by atoms with E-state index >= 15 is 0 Å². The number of benzene rings is 1. The maximum absolute atomic E-state index is 13.3. The highest BCUT2D eigenvalue weighted by Gasteiger charge is 2.75. The van der Waals surface area contributed by atoms with Gasteiger partial charge in [-0.15, -0.1) is 0 Å². The fourth-order valence-corrected chi connectivity index (χ4v) is 7.26. The smallest absolute Gasteiger partial charge is 0.257 e. The lowest BCUT2D eigenvalue weighted by molar-refractivity contribution is -0.138. The third kappa shape index (κ3) is 2.75. The van der Waals surface area contributed by atoms with Crippen LogP contribution >= 0.6 is 0 Å². The molecule has 6 fully saturated rings. The number of piperidine rings is 1. The van der Waals surface area contributed by atoms with Gasteiger partial charge in [-0.25, -0.2) is 0 Å². The van der Waals surface area contributed by atoms with E-state index in [1.165, 1.54) is 0 Å². The van der Waals surface area contributed by atoms with Crippen molar-refractivity contribution in [3.8, 4) is 11.5 Å². The van der Waals surface area contributed by atoms with E-state index in [4.69, 9.17) is 9.47 Å². The molecule has 4 aliphatic carbocycles. The topological polar surface area (TPSA) is 76.2 Å². The van der Waals surface area contributed by atoms with Gasteiger partial charge in [0.1, 0.15) is 17.3 Å². The van der Waals surface area contributed by atoms with Crippen LogP contribution in [0, 0.1) is 35.0 Å². The molecule has 1 aromatic carbocycles. The van der Waals surface area contributed by atoms with E-state index < -0.39 is 0 Å². The number of nitrogens with zero attached hydrogens (tertiary/aromatic N) is 2. The van der Waals surface area contributed by atoms with Gasteiger partial charge in [0.15, 0.2) is 0 Å². The van der Waals surface area contributed by atoms with Gasteiger partial charge in [0.2, 0.25) is 5.91 Å². The Bertz CT molecular complexity index is 998. The van der Waals surface area contributed by atoms with E-state index in [0.29, 0.717) is 47.8 Å². The molecule has 4 bridgehead atoms. The lowest BCUT2D eigenvalue weighted by Gasteiger charge is -2.39. The first kappa shape index (κ1) is 20.1. The molecule has 7 nitrogen and oxygen atoms in total. The Morgan fingerprint density at radius 2 is 1.75 bits per heavy atom. The second kappa shape index (κ2) is 6.96. The van der Waals surface area contributed by atoms with Gasteiger partial charge in [0, 0.05) is 38.0 Å². The molecule has 0 radical (unpaired) electrons. The van der Waals surface area contributed by atoms with Crippen LogP contribution in [0.25, 0.3) is 0 Å². The van der Waals surface area contributed by atoms with Crippen molar-refractivity contribution in [2.45, 2.75) is 25.7 Å². The average Bonchev–Trinajstić information content (AvgIpc) is 3.16. The van der Waals surface area contributed by atoms with E-state index in [1.54, 1.807) is 32.4 Å². The van der Waals surface area contributed by atoms with Crippen LogP contribution in [0.2, 0.25) is 0 Å². The molecule has 2 saturated heterocycles. The molecule has 7 heteroatoms. The monoisotopic (exact) mass is 438 g/mol. The summed E-state index contributed by atoms with van der Waals surface area (Å²) in [6.45, 7) is 2.92. The van der Waals surface area contributed by atoms with Gasteiger partial charge in [-0.1, -0.05) is 0 Å². The summed E-state index contributed by atoms with van der Waals surface area (Å²) < 4.78 is 10.7. The quantitative estimate of drug-likeness (QED) is 0.721. The highest BCUT2D eigenvalue weighted by Crippen LogP contribution is 2.71. The Labute approximate surface area is 188 Å². The molecular formula is C25H30N2O5. The van der Waals surface area contributed by atoms with Gasteiger partial charge in [0.05, 0.1) is 25.7 Å². The minimum absolute atomic E-state index is 0.0105. The number of rotatable bonds is 4. The van der Waals surface area contributed by atoms with Gasteiger partial charge < -0.3 is 19.3 Å². The molecule has 2 amide bonds. The molecule has 2 aliphatic heterocycles. The first-order valence-corrected chi connectivity index (χ1v) is 11.8. The normalized spacial score (nSPS) is 33.7. The molecule has 7 rings (SSSR count). The first-order valence-electron chi connectivity index (χ1n) is 11.8. The number of likely N-dealkylation sites (tertiary alicyclic amines) is 2. The van der Waals surface area contributed by atoms with Crippen LogP contribution in [0.4, 0.5) is 0 Å². The average molecular weight is 439 g/mol. The molecule has 5 atom stereocenters. The first-order chi connectivity index (χ1) is 15.5. The van der Waals surface area contributed by atoms with Crippen molar-refractivity contribution >= 4 is 17.6 Å². The zero-order valence-electron chi connectivity index (χ0n) is 18.7. The molecule has 2 heterocycles. The van der Waals surface area contributed by atoms with E-state index in [9.17, 15) is 14.4 Å². The Kier molecular flexibility index (Phi) is 4.37. The van der Waals surface area contributed by atoms with Crippen LogP contribution in [0.15, 0.2) is 18.2 Å².